The van der Waals surface area contributed by atoms with Gasteiger partial charge in [0, 0.05) is 6.04 Å². The molecule has 3 saturated carbocycles. The van der Waals surface area contributed by atoms with E-state index in [1.165, 1.54) is 32.1 Å². The van der Waals surface area contributed by atoms with Gasteiger partial charge in [0.05, 0.1) is 5.54 Å². The maximum Gasteiger partial charge on any atom is 0.240 e. The molecule has 0 heterocycles. The second-order valence-electron chi connectivity index (χ2n) is 6.39. The zero-order valence-electron chi connectivity index (χ0n) is 10.6. The van der Waals surface area contributed by atoms with Crippen LogP contribution in [0, 0.1) is 11.8 Å². The molecule has 0 aliphatic heterocycles. The maximum absolute atomic E-state index is 12.4. The Hall–Kier alpha value is -0.570. The van der Waals surface area contributed by atoms with Crippen LogP contribution in [0.4, 0.5) is 0 Å². The molecule has 0 aromatic carbocycles. The smallest absolute Gasteiger partial charge is 0.240 e. The van der Waals surface area contributed by atoms with Crippen LogP contribution in [-0.2, 0) is 4.79 Å². The van der Waals surface area contributed by atoms with Crippen LogP contribution < -0.4 is 11.1 Å². The van der Waals surface area contributed by atoms with E-state index in [9.17, 15) is 4.79 Å². The quantitative estimate of drug-likeness (QED) is 0.784. The number of nitrogens with one attached hydrogen (secondary N) is 1. The van der Waals surface area contributed by atoms with Gasteiger partial charge in [-0.3, -0.25) is 4.79 Å². The molecule has 3 fully saturated rings. The van der Waals surface area contributed by atoms with Crippen LogP contribution in [0.1, 0.15) is 57.8 Å². The topological polar surface area (TPSA) is 55.1 Å². The maximum atomic E-state index is 12.4. The van der Waals surface area contributed by atoms with Crippen LogP contribution in [0.15, 0.2) is 0 Å². The minimum Gasteiger partial charge on any atom is -0.351 e. The molecule has 0 atom stereocenters. The molecule has 0 saturated heterocycles. The Morgan fingerprint density at radius 1 is 1.06 bits per heavy atom. The Morgan fingerprint density at radius 3 is 2.06 bits per heavy atom. The van der Waals surface area contributed by atoms with Crippen LogP contribution in [0.5, 0.6) is 0 Å². The molecular weight excluding hydrogens is 212 g/mol. The van der Waals surface area contributed by atoms with Crippen LogP contribution in [0.25, 0.3) is 0 Å². The summed E-state index contributed by atoms with van der Waals surface area (Å²) in [5.41, 5.74) is 5.72. The number of nitrogens with two attached hydrogens (primary N) is 1. The van der Waals surface area contributed by atoms with E-state index in [1.807, 2.05) is 0 Å². The molecule has 3 heteroatoms. The van der Waals surface area contributed by atoms with E-state index in [0.29, 0.717) is 6.04 Å². The molecule has 3 aliphatic rings. The highest BCUT2D eigenvalue weighted by atomic mass is 16.2. The number of amides is 1. The summed E-state index contributed by atoms with van der Waals surface area (Å²) >= 11 is 0. The Labute approximate surface area is 104 Å². The van der Waals surface area contributed by atoms with Crippen LogP contribution in [-0.4, -0.2) is 17.5 Å². The standard InChI is InChI=1S/C14H24N2O/c15-14(8-2-1-3-9-14)13(17)16-12(10-4-5-10)11-6-7-11/h10-12H,1-9,15H2,(H,16,17). The minimum atomic E-state index is -0.555. The lowest BCUT2D eigenvalue weighted by Gasteiger charge is -2.33. The van der Waals surface area contributed by atoms with Crippen LogP contribution >= 0.6 is 0 Å². The normalized spacial score (nSPS) is 28.1. The van der Waals surface area contributed by atoms with Gasteiger partial charge in [-0.25, -0.2) is 0 Å². The molecule has 3 nitrogen and oxygen atoms in total. The summed E-state index contributed by atoms with van der Waals surface area (Å²) < 4.78 is 0. The first-order chi connectivity index (χ1) is 8.19. The largest absolute Gasteiger partial charge is 0.351 e. The highest BCUT2D eigenvalue weighted by Gasteiger charge is 2.45. The first-order valence-electron chi connectivity index (χ1n) is 7.29. The van der Waals surface area contributed by atoms with Crippen molar-refractivity contribution >= 4 is 5.91 Å². The van der Waals surface area contributed by atoms with Gasteiger partial charge in [0.25, 0.3) is 0 Å². The van der Waals surface area contributed by atoms with E-state index < -0.39 is 5.54 Å². The van der Waals surface area contributed by atoms with E-state index >= 15 is 0 Å². The average molecular weight is 236 g/mol. The molecule has 3 N–H and O–H groups in total. The van der Waals surface area contributed by atoms with E-state index in [2.05, 4.69) is 5.32 Å². The highest BCUT2D eigenvalue weighted by Crippen LogP contribution is 2.44. The molecule has 3 rings (SSSR count). The molecule has 0 aromatic heterocycles. The summed E-state index contributed by atoms with van der Waals surface area (Å²) in [5.74, 6) is 1.67. The lowest BCUT2D eigenvalue weighted by molar-refractivity contribution is -0.128. The molecule has 0 unspecified atom stereocenters. The summed E-state index contributed by atoms with van der Waals surface area (Å²) in [6, 6.07) is 0.449. The van der Waals surface area contributed by atoms with Gasteiger partial charge in [-0.15, -0.1) is 0 Å². The van der Waals surface area contributed by atoms with Crippen LogP contribution in [0.3, 0.4) is 0 Å². The second kappa shape index (κ2) is 4.27. The fourth-order valence-electron chi connectivity index (χ4n) is 3.24. The Kier molecular flexibility index (Phi) is 2.89. The van der Waals surface area contributed by atoms with Crippen molar-refractivity contribution in [2.75, 3.05) is 0 Å². The average Bonchev–Trinajstić information content (AvgIpc) is 3.17. The summed E-state index contributed by atoms with van der Waals surface area (Å²) in [7, 11) is 0. The van der Waals surface area contributed by atoms with Crippen molar-refractivity contribution in [1.82, 2.24) is 5.32 Å². The van der Waals surface area contributed by atoms with Gasteiger partial charge in [0.15, 0.2) is 0 Å². The molecule has 1 amide bonds. The zero-order valence-corrected chi connectivity index (χ0v) is 10.6. The van der Waals surface area contributed by atoms with E-state index in [1.54, 1.807) is 0 Å². The number of hydrogen-bond acceptors (Lipinski definition) is 2. The van der Waals surface area contributed by atoms with Crippen molar-refractivity contribution in [1.29, 1.82) is 0 Å². The fourth-order valence-corrected chi connectivity index (χ4v) is 3.24. The number of rotatable bonds is 4. The molecule has 3 aliphatic carbocycles. The third-order valence-corrected chi connectivity index (χ3v) is 4.76. The van der Waals surface area contributed by atoms with Gasteiger partial charge >= 0.3 is 0 Å². The summed E-state index contributed by atoms with van der Waals surface area (Å²) in [6.07, 6.45) is 10.4. The van der Waals surface area contributed by atoms with Crippen molar-refractivity contribution < 1.29 is 4.79 Å². The Bertz CT molecular complexity index is 289. The van der Waals surface area contributed by atoms with Gasteiger partial charge in [0.2, 0.25) is 5.91 Å². The predicted molar refractivity (Wildman–Crippen MR) is 67.4 cm³/mol. The van der Waals surface area contributed by atoms with E-state index in [-0.39, 0.29) is 5.91 Å². The summed E-state index contributed by atoms with van der Waals surface area (Å²) in [5, 5.41) is 3.29. The van der Waals surface area contributed by atoms with Gasteiger partial charge in [0.1, 0.15) is 0 Å². The SMILES string of the molecule is NC1(C(=O)NC(C2CC2)C2CC2)CCCCC1. The molecular formula is C14H24N2O. The molecule has 0 spiro atoms. The number of carbonyl (C=O) groups excluding carboxylic acids is 1. The lowest BCUT2D eigenvalue weighted by Crippen LogP contribution is -2.57. The minimum absolute atomic E-state index is 0.140. The number of hydrogen-bond donors (Lipinski definition) is 2. The van der Waals surface area contributed by atoms with E-state index in [0.717, 1.165) is 37.5 Å². The molecule has 17 heavy (non-hydrogen) atoms. The summed E-state index contributed by atoms with van der Waals surface area (Å²) in [6.45, 7) is 0. The monoisotopic (exact) mass is 236 g/mol. The van der Waals surface area contributed by atoms with Crippen molar-refractivity contribution in [2.24, 2.45) is 17.6 Å². The Morgan fingerprint density at radius 2 is 1.59 bits per heavy atom. The lowest BCUT2D eigenvalue weighted by atomic mass is 9.81. The fraction of sp³-hybridized carbons (Fsp3) is 0.929. The second-order valence-corrected chi connectivity index (χ2v) is 6.39. The van der Waals surface area contributed by atoms with Gasteiger partial charge in [-0.2, -0.15) is 0 Å². The van der Waals surface area contributed by atoms with Crippen LogP contribution in [0.2, 0.25) is 0 Å². The third kappa shape index (κ3) is 2.49. The number of carbonyl (C=O) groups is 1. The Balaban J connectivity index is 1.60. The summed E-state index contributed by atoms with van der Waals surface area (Å²) in [4.78, 5) is 12.4. The third-order valence-electron chi connectivity index (χ3n) is 4.76. The van der Waals surface area contributed by atoms with Crippen molar-refractivity contribution in [2.45, 2.75) is 69.4 Å². The van der Waals surface area contributed by atoms with Gasteiger partial charge < -0.3 is 11.1 Å². The predicted octanol–water partition coefficient (Wildman–Crippen LogP) is 1.95. The van der Waals surface area contributed by atoms with Gasteiger partial charge in [-0.1, -0.05) is 19.3 Å². The zero-order chi connectivity index (χ0) is 11.9. The molecule has 0 radical (unpaired) electrons. The van der Waals surface area contributed by atoms with Crippen molar-refractivity contribution in [3.05, 3.63) is 0 Å². The first kappa shape index (κ1) is 11.5. The van der Waals surface area contributed by atoms with Gasteiger partial charge in [-0.05, 0) is 50.4 Å². The first-order valence-corrected chi connectivity index (χ1v) is 7.29. The van der Waals surface area contributed by atoms with Crippen molar-refractivity contribution in [3.8, 4) is 0 Å². The molecule has 0 bridgehead atoms. The van der Waals surface area contributed by atoms with E-state index in [4.69, 9.17) is 5.73 Å². The van der Waals surface area contributed by atoms with Crippen molar-refractivity contribution in [3.63, 3.8) is 0 Å². The highest BCUT2D eigenvalue weighted by molar-refractivity contribution is 5.86. The molecule has 96 valence electrons. The molecule has 0 aromatic rings.